The Morgan fingerprint density at radius 3 is 1.77 bits per heavy atom. The lowest BCUT2D eigenvalue weighted by Gasteiger charge is -2.36. The zero-order valence-electron chi connectivity index (χ0n) is 49.6. The largest absolute Gasteiger partial charge is 0.508 e. The average Bonchev–Trinajstić information content (AvgIpc) is 3.51. The van der Waals surface area contributed by atoms with E-state index in [1.54, 1.807) is 33.8 Å². The summed E-state index contributed by atoms with van der Waals surface area (Å²) in [5, 5.41) is 62.2. The first-order valence-electron chi connectivity index (χ1n) is 29.8. The van der Waals surface area contributed by atoms with Crippen LogP contribution in [0.5, 0.6) is 5.75 Å². The zero-order valence-corrected chi connectivity index (χ0v) is 49.6. The Bertz CT molecular complexity index is 2670. The molecular weight excluding hydrogens is 1120 g/mol. The number of phenols is 1. The van der Waals surface area contributed by atoms with Crippen LogP contribution in [0.3, 0.4) is 0 Å². The number of aliphatic imine (C=N–C) groups is 1. The van der Waals surface area contributed by atoms with E-state index in [4.69, 9.17) is 5.73 Å². The van der Waals surface area contributed by atoms with Crippen LogP contribution in [-0.4, -0.2) is 223 Å². The number of carboxylic acid groups (broad SMARTS) is 3. The Hall–Kier alpha value is -8.24. The molecule has 3 atom stereocenters. The number of anilines is 1. The van der Waals surface area contributed by atoms with Gasteiger partial charge < -0.3 is 68.2 Å². The SMILES string of the molecule is CCC(=O)NCCNC(=O)/N=C(/N)NCCC[C@@H](NC(=O)C(c1ccccc1)c1ccc(NCCCNC(=O)[C@H]2CC[C@H](CNC(C=O)N3CCN(CC(=O)O)CCN(CC(=O)O)CCN(CC(=O)O)CC3)CC2)cc1)C(=O)NCc1ccc(O)cc1. The van der Waals surface area contributed by atoms with Crippen molar-refractivity contribution in [2.75, 3.05) is 117 Å². The van der Waals surface area contributed by atoms with Gasteiger partial charge in [0, 0.05) is 110 Å². The fourth-order valence-corrected chi connectivity index (χ4v) is 10.3. The van der Waals surface area contributed by atoms with E-state index >= 15 is 0 Å². The van der Waals surface area contributed by atoms with Crippen LogP contribution in [0.2, 0.25) is 0 Å². The van der Waals surface area contributed by atoms with Gasteiger partial charge >= 0.3 is 23.9 Å². The third kappa shape index (κ3) is 26.5. The Morgan fingerprint density at radius 2 is 1.20 bits per heavy atom. The Kier molecular flexibility index (Phi) is 30.4. The molecule has 87 heavy (non-hydrogen) atoms. The summed E-state index contributed by atoms with van der Waals surface area (Å²) in [6, 6.07) is 21.4. The number of guanidine groups is 1. The van der Waals surface area contributed by atoms with Crippen LogP contribution in [0.25, 0.3) is 0 Å². The molecule has 1 heterocycles. The van der Waals surface area contributed by atoms with Crippen molar-refractivity contribution < 1.29 is 63.6 Å². The molecule has 27 heteroatoms. The van der Waals surface area contributed by atoms with Crippen LogP contribution in [0.1, 0.15) is 80.9 Å². The lowest BCUT2D eigenvalue weighted by Crippen LogP contribution is -2.54. The van der Waals surface area contributed by atoms with Crippen LogP contribution in [0, 0.1) is 11.8 Å². The molecule has 6 amide bonds. The summed E-state index contributed by atoms with van der Waals surface area (Å²) in [6.45, 7) is 5.43. The molecule has 0 radical (unpaired) electrons. The standard InChI is InChI=1S/C60H88N14O13/c1-2-51(77)63-26-27-66-60(87)70-59(61)65-23-6-10-49(57(85)68-37-43-13-21-48(76)22-14-43)69-58(86)55(44-8-4-3-5-9-44)45-17-19-47(20-18-45)62-24-7-25-64-56(84)46-15-11-42(12-16-46)36-67-50(41-75)74-34-32-72(39-53(80)81)30-28-71(38-52(78)79)29-31-73(33-35-74)40-54(82)83/h3-5,8-9,13-14,17-22,41-42,46,49-50,55,62,67,76H,2,6-7,10-12,15-16,23-40H2,1H3,(H,63,77)(H,64,84)(H,68,85)(H,69,86)(H,78,79)(H,80,81)(H,82,83)(H4,61,65,66,70,87)/t42-,46-,49-,50?,55?/m1/s1. The van der Waals surface area contributed by atoms with Crippen molar-refractivity contribution in [3.8, 4) is 5.75 Å². The molecule has 0 spiro atoms. The number of carboxylic acids is 3. The smallest absolute Gasteiger partial charge is 0.344 e. The monoisotopic (exact) mass is 1210 g/mol. The zero-order chi connectivity index (χ0) is 62.9. The number of nitrogens with one attached hydrogen (secondary N) is 8. The van der Waals surface area contributed by atoms with Crippen molar-refractivity contribution in [3.05, 3.63) is 95.6 Å². The van der Waals surface area contributed by atoms with Gasteiger partial charge in [-0.1, -0.05) is 61.5 Å². The van der Waals surface area contributed by atoms with E-state index in [0.717, 1.165) is 30.4 Å². The van der Waals surface area contributed by atoms with Crippen LogP contribution in [-0.2, 0) is 44.9 Å². The molecule has 27 nitrogen and oxygen atoms in total. The number of aromatic hydroxyl groups is 1. The molecule has 3 aromatic rings. The van der Waals surface area contributed by atoms with Crippen LogP contribution in [0.4, 0.5) is 10.5 Å². The molecule has 1 saturated heterocycles. The second-order valence-electron chi connectivity index (χ2n) is 21.7. The van der Waals surface area contributed by atoms with E-state index in [1.165, 1.54) is 12.1 Å². The number of urea groups is 1. The van der Waals surface area contributed by atoms with Crippen LogP contribution < -0.4 is 48.3 Å². The lowest BCUT2D eigenvalue weighted by atomic mass is 9.81. The van der Waals surface area contributed by atoms with E-state index in [1.807, 2.05) is 59.5 Å². The quantitative estimate of drug-likeness (QED) is 0.0176. The maximum Gasteiger partial charge on any atom is 0.344 e. The fraction of sp³-hybridized carbons (Fsp3) is 0.533. The van der Waals surface area contributed by atoms with Crippen molar-refractivity contribution >= 4 is 65.5 Å². The number of aliphatic carboxylic acids is 3. The first-order chi connectivity index (χ1) is 41.9. The first-order valence-corrected chi connectivity index (χ1v) is 29.8. The number of hydrogen-bond acceptors (Lipinski definition) is 16. The second-order valence-corrected chi connectivity index (χ2v) is 21.7. The number of carbonyl (C=O) groups is 9. The molecule has 0 aromatic heterocycles. The number of phenolic OH excluding ortho intramolecular Hbond substituents is 1. The van der Waals surface area contributed by atoms with Gasteiger partial charge in [-0.05, 0) is 98.4 Å². The molecule has 1 aliphatic carbocycles. The van der Waals surface area contributed by atoms with E-state index in [9.17, 15) is 63.6 Å². The second kappa shape index (κ2) is 38.0. The van der Waals surface area contributed by atoms with Crippen LogP contribution in [0.15, 0.2) is 83.9 Å². The molecule has 14 N–H and O–H groups in total. The first kappa shape index (κ1) is 69.5. The van der Waals surface area contributed by atoms with Gasteiger partial charge in [0.1, 0.15) is 18.0 Å². The molecule has 2 fully saturated rings. The Labute approximate surface area is 507 Å². The minimum Gasteiger partial charge on any atom is -0.508 e. The van der Waals surface area contributed by atoms with Gasteiger partial charge in [-0.15, -0.1) is 0 Å². The van der Waals surface area contributed by atoms with Gasteiger partial charge in [-0.3, -0.25) is 58.5 Å². The van der Waals surface area contributed by atoms with Crippen molar-refractivity contribution in [2.45, 2.75) is 83.0 Å². The van der Waals surface area contributed by atoms with Gasteiger partial charge in [0.05, 0.1) is 25.6 Å². The minimum atomic E-state index is -1.04. The number of aldehydes is 1. The van der Waals surface area contributed by atoms with Crippen molar-refractivity contribution in [1.82, 2.24) is 56.8 Å². The molecule has 5 rings (SSSR count). The fourth-order valence-electron chi connectivity index (χ4n) is 10.3. The number of nitrogens with two attached hydrogens (primary N) is 1. The van der Waals surface area contributed by atoms with Crippen molar-refractivity contribution in [2.24, 2.45) is 22.6 Å². The number of amides is 6. The average molecular weight is 1210 g/mol. The van der Waals surface area contributed by atoms with Gasteiger partial charge in [-0.25, -0.2) is 4.79 Å². The third-order valence-corrected chi connectivity index (χ3v) is 15.2. The summed E-state index contributed by atoms with van der Waals surface area (Å²) in [7, 11) is 0. The van der Waals surface area contributed by atoms with Crippen molar-refractivity contribution in [3.63, 3.8) is 0 Å². The summed E-state index contributed by atoms with van der Waals surface area (Å²) < 4.78 is 0. The number of rotatable bonds is 32. The number of nitrogens with zero attached hydrogens (tertiary/aromatic N) is 5. The molecule has 476 valence electrons. The molecule has 3 aromatic carbocycles. The topological polar surface area (TPSA) is 382 Å². The molecule has 2 unspecified atom stereocenters. The normalized spacial score (nSPS) is 17.8. The molecule has 0 bridgehead atoms. The highest BCUT2D eigenvalue weighted by molar-refractivity contribution is 5.93. The third-order valence-electron chi connectivity index (χ3n) is 15.2. The van der Waals surface area contributed by atoms with Gasteiger partial charge in [0.15, 0.2) is 12.2 Å². The van der Waals surface area contributed by atoms with E-state index in [2.05, 4.69) is 47.5 Å². The van der Waals surface area contributed by atoms with E-state index < -0.39 is 53.9 Å². The maximum atomic E-state index is 14.4. The van der Waals surface area contributed by atoms with Crippen LogP contribution >= 0.6 is 0 Å². The maximum absolute atomic E-state index is 14.4. The molecule has 1 aliphatic heterocycles. The highest BCUT2D eigenvalue weighted by Crippen LogP contribution is 2.29. The summed E-state index contributed by atoms with van der Waals surface area (Å²) in [5.74, 6) is -4.92. The predicted octanol–water partition coefficient (Wildman–Crippen LogP) is 0.560. The highest BCUT2D eigenvalue weighted by atomic mass is 16.4. The van der Waals surface area contributed by atoms with E-state index in [0.29, 0.717) is 76.0 Å². The Balaban J connectivity index is 1.09. The summed E-state index contributed by atoms with van der Waals surface area (Å²) in [5.41, 5.74) is 8.87. The van der Waals surface area contributed by atoms with Crippen molar-refractivity contribution in [1.29, 1.82) is 0 Å². The van der Waals surface area contributed by atoms with E-state index in [-0.39, 0.29) is 127 Å². The van der Waals surface area contributed by atoms with Gasteiger partial charge in [0.25, 0.3) is 0 Å². The number of benzene rings is 3. The summed E-state index contributed by atoms with van der Waals surface area (Å²) in [4.78, 5) is 124. The lowest BCUT2D eigenvalue weighted by molar-refractivity contribution is -0.140. The molecule has 2 aliphatic rings. The number of carbonyl (C=O) groups excluding carboxylic acids is 6. The Morgan fingerprint density at radius 1 is 0.632 bits per heavy atom. The number of hydrogen-bond donors (Lipinski definition) is 13. The van der Waals surface area contributed by atoms with Gasteiger partial charge in [0.2, 0.25) is 23.6 Å². The minimum absolute atomic E-state index is 0.0125. The van der Waals surface area contributed by atoms with Gasteiger partial charge in [-0.2, -0.15) is 4.99 Å². The molecule has 1 saturated carbocycles. The summed E-state index contributed by atoms with van der Waals surface area (Å²) in [6.07, 6.45) is 4.46. The molecular formula is C60H88N14O13. The summed E-state index contributed by atoms with van der Waals surface area (Å²) >= 11 is 0. The predicted molar refractivity (Wildman–Crippen MR) is 325 cm³/mol. The highest BCUT2D eigenvalue weighted by Gasteiger charge is 2.30.